The van der Waals surface area contributed by atoms with Crippen LogP contribution in [0.2, 0.25) is 0 Å². The van der Waals surface area contributed by atoms with Gasteiger partial charge in [0, 0.05) is 5.69 Å². The summed E-state index contributed by atoms with van der Waals surface area (Å²) < 4.78 is 9.86. The summed E-state index contributed by atoms with van der Waals surface area (Å²) in [7, 11) is 1.58. The number of anilines is 1. The standard InChI is InChI=1S/C15H22N2O4/c1-5-21-15(19)17-13(10(2)3)14(18)16-11-6-8-12(20-4)9-7-11/h6-10,13H,5H2,1-4H3,(H,16,18)(H,17,19)/t13-/m1/s1. The second kappa shape index (κ2) is 8.14. The van der Waals surface area contributed by atoms with Gasteiger partial charge in [-0.1, -0.05) is 13.8 Å². The Balaban J connectivity index is 2.69. The van der Waals surface area contributed by atoms with Gasteiger partial charge in [0.1, 0.15) is 11.8 Å². The number of benzene rings is 1. The molecular weight excluding hydrogens is 272 g/mol. The highest BCUT2D eigenvalue weighted by Crippen LogP contribution is 2.16. The lowest BCUT2D eigenvalue weighted by Gasteiger charge is -2.21. The largest absolute Gasteiger partial charge is 0.497 e. The molecule has 6 nitrogen and oxygen atoms in total. The third-order valence-corrected chi connectivity index (χ3v) is 2.86. The molecule has 116 valence electrons. The zero-order valence-corrected chi connectivity index (χ0v) is 12.8. The van der Waals surface area contributed by atoms with E-state index in [2.05, 4.69) is 10.6 Å². The van der Waals surface area contributed by atoms with E-state index in [9.17, 15) is 9.59 Å². The van der Waals surface area contributed by atoms with Gasteiger partial charge in [0.2, 0.25) is 5.91 Å². The monoisotopic (exact) mass is 294 g/mol. The Morgan fingerprint density at radius 2 is 1.81 bits per heavy atom. The van der Waals surface area contributed by atoms with Gasteiger partial charge >= 0.3 is 6.09 Å². The maximum atomic E-state index is 12.2. The van der Waals surface area contributed by atoms with Gasteiger partial charge in [0.05, 0.1) is 13.7 Å². The molecule has 0 bridgehead atoms. The van der Waals surface area contributed by atoms with E-state index in [0.29, 0.717) is 11.4 Å². The van der Waals surface area contributed by atoms with Gasteiger partial charge in [-0.15, -0.1) is 0 Å². The number of carbonyl (C=O) groups is 2. The average Bonchev–Trinajstić information content (AvgIpc) is 2.45. The number of nitrogens with one attached hydrogen (secondary N) is 2. The Labute approximate surface area is 124 Å². The topological polar surface area (TPSA) is 76.7 Å². The molecule has 1 atom stereocenters. The molecule has 0 aliphatic heterocycles. The van der Waals surface area contributed by atoms with Crippen LogP contribution < -0.4 is 15.4 Å². The van der Waals surface area contributed by atoms with Crippen LogP contribution in [-0.2, 0) is 9.53 Å². The van der Waals surface area contributed by atoms with Crippen molar-refractivity contribution in [3.63, 3.8) is 0 Å². The molecule has 0 aromatic heterocycles. The highest BCUT2D eigenvalue weighted by molar-refractivity contribution is 5.96. The van der Waals surface area contributed by atoms with E-state index in [1.807, 2.05) is 13.8 Å². The van der Waals surface area contributed by atoms with Crippen molar-refractivity contribution in [2.24, 2.45) is 5.92 Å². The lowest BCUT2D eigenvalue weighted by atomic mass is 10.0. The molecule has 21 heavy (non-hydrogen) atoms. The lowest BCUT2D eigenvalue weighted by Crippen LogP contribution is -2.47. The van der Waals surface area contributed by atoms with E-state index in [-0.39, 0.29) is 18.4 Å². The first kappa shape index (κ1) is 16.8. The van der Waals surface area contributed by atoms with Gasteiger partial charge in [-0.3, -0.25) is 4.79 Å². The van der Waals surface area contributed by atoms with Crippen LogP contribution in [0.3, 0.4) is 0 Å². The molecule has 0 fully saturated rings. The Hall–Kier alpha value is -2.24. The van der Waals surface area contributed by atoms with Gasteiger partial charge in [-0.05, 0) is 37.1 Å². The normalized spacial score (nSPS) is 11.7. The van der Waals surface area contributed by atoms with Crippen molar-refractivity contribution in [1.29, 1.82) is 0 Å². The summed E-state index contributed by atoms with van der Waals surface area (Å²) in [6.45, 7) is 5.67. The number of methoxy groups -OCH3 is 1. The van der Waals surface area contributed by atoms with Crippen molar-refractivity contribution in [1.82, 2.24) is 5.32 Å². The molecule has 2 amide bonds. The molecule has 0 aliphatic rings. The fourth-order valence-electron chi connectivity index (χ4n) is 1.73. The maximum Gasteiger partial charge on any atom is 0.407 e. The molecule has 2 N–H and O–H groups in total. The van der Waals surface area contributed by atoms with E-state index >= 15 is 0 Å². The molecule has 0 unspecified atom stereocenters. The Morgan fingerprint density at radius 1 is 1.19 bits per heavy atom. The van der Waals surface area contributed by atoms with E-state index in [1.165, 1.54) is 0 Å². The van der Waals surface area contributed by atoms with Crippen LogP contribution >= 0.6 is 0 Å². The molecular formula is C15H22N2O4. The van der Waals surface area contributed by atoms with Crippen molar-refractivity contribution in [3.05, 3.63) is 24.3 Å². The van der Waals surface area contributed by atoms with Crippen molar-refractivity contribution >= 4 is 17.7 Å². The Morgan fingerprint density at radius 3 is 2.29 bits per heavy atom. The van der Waals surface area contributed by atoms with Crippen LogP contribution in [0.25, 0.3) is 0 Å². The zero-order valence-electron chi connectivity index (χ0n) is 12.8. The predicted molar refractivity (Wildman–Crippen MR) is 80.4 cm³/mol. The minimum atomic E-state index is -0.661. The summed E-state index contributed by atoms with van der Waals surface area (Å²) in [5, 5.41) is 5.32. The highest BCUT2D eigenvalue weighted by atomic mass is 16.5. The summed E-state index contributed by atoms with van der Waals surface area (Å²) in [5.41, 5.74) is 0.636. The van der Waals surface area contributed by atoms with Crippen LogP contribution in [0.1, 0.15) is 20.8 Å². The van der Waals surface area contributed by atoms with Gasteiger partial charge < -0.3 is 20.1 Å². The van der Waals surface area contributed by atoms with Crippen LogP contribution in [0, 0.1) is 5.92 Å². The second-order valence-corrected chi connectivity index (χ2v) is 4.80. The van der Waals surface area contributed by atoms with Crippen LogP contribution in [-0.4, -0.2) is 31.8 Å². The fraction of sp³-hybridized carbons (Fsp3) is 0.467. The maximum absolute atomic E-state index is 12.2. The zero-order chi connectivity index (χ0) is 15.8. The average molecular weight is 294 g/mol. The summed E-state index contributed by atoms with van der Waals surface area (Å²) >= 11 is 0. The van der Waals surface area contributed by atoms with Crippen LogP contribution in [0.5, 0.6) is 5.75 Å². The quantitative estimate of drug-likeness (QED) is 0.844. The molecule has 1 aromatic rings. The van der Waals surface area contributed by atoms with Crippen molar-refractivity contribution in [3.8, 4) is 5.75 Å². The van der Waals surface area contributed by atoms with E-state index in [1.54, 1.807) is 38.3 Å². The lowest BCUT2D eigenvalue weighted by molar-refractivity contribution is -0.119. The first-order chi connectivity index (χ1) is 9.97. The number of hydrogen-bond donors (Lipinski definition) is 2. The van der Waals surface area contributed by atoms with Gasteiger partial charge in [0.25, 0.3) is 0 Å². The minimum absolute atomic E-state index is 0.0624. The first-order valence-corrected chi connectivity index (χ1v) is 6.86. The number of ether oxygens (including phenoxy) is 2. The third kappa shape index (κ3) is 5.33. The molecule has 0 heterocycles. The van der Waals surface area contributed by atoms with E-state index in [4.69, 9.17) is 9.47 Å². The second-order valence-electron chi connectivity index (χ2n) is 4.80. The van der Waals surface area contributed by atoms with Crippen LogP contribution in [0.15, 0.2) is 24.3 Å². The Kier molecular flexibility index (Phi) is 6.52. The predicted octanol–water partition coefficient (Wildman–Crippen LogP) is 2.40. The minimum Gasteiger partial charge on any atom is -0.497 e. The number of rotatable bonds is 6. The van der Waals surface area contributed by atoms with Crippen molar-refractivity contribution < 1.29 is 19.1 Å². The first-order valence-electron chi connectivity index (χ1n) is 6.86. The SMILES string of the molecule is CCOC(=O)N[C@@H](C(=O)Nc1ccc(OC)cc1)C(C)C. The number of hydrogen-bond acceptors (Lipinski definition) is 4. The van der Waals surface area contributed by atoms with Gasteiger partial charge in [-0.25, -0.2) is 4.79 Å². The fourth-order valence-corrected chi connectivity index (χ4v) is 1.73. The number of alkyl carbamates (subject to hydrolysis) is 1. The van der Waals surface area contributed by atoms with Crippen LogP contribution in [0.4, 0.5) is 10.5 Å². The summed E-state index contributed by atoms with van der Waals surface area (Å²) in [6.07, 6.45) is -0.596. The summed E-state index contributed by atoms with van der Waals surface area (Å²) in [4.78, 5) is 23.7. The molecule has 0 saturated heterocycles. The third-order valence-electron chi connectivity index (χ3n) is 2.86. The molecule has 0 saturated carbocycles. The molecule has 0 radical (unpaired) electrons. The van der Waals surface area contributed by atoms with E-state index in [0.717, 1.165) is 0 Å². The molecule has 0 aliphatic carbocycles. The molecule has 1 rings (SSSR count). The smallest absolute Gasteiger partial charge is 0.407 e. The summed E-state index contributed by atoms with van der Waals surface area (Å²) in [6, 6.07) is 6.31. The molecule has 0 spiro atoms. The van der Waals surface area contributed by atoms with Gasteiger partial charge in [-0.2, -0.15) is 0 Å². The number of amides is 2. The highest BCUT2D eigenvalue weighted by Gasteiger charge is 2.24. The molecule has 1 aromatic carbocycles. The van der Waals surface area contributed by atoms with Crippen molar-refractivity contribution in [2.45, 2.75) is 26.8 Å². The van der Waals surface area contributed by atoms with Gasteiger partial charge in [0.15, 0.2) is 0 Å². The van der Waals surface area contributed by atoms with Crippen molar-refractivity contribution in [2.75, 3.05) is 19.0 Å². The van der Waals surface area contributed by atoms with E-state index < -0.39 is 12.1 Å². The summed E-state index contributed by atoms with van der Waals surface area (Å²) in [5.74, 6) is 0.355. The molecule has 6 heteroatoms. The Bertz CT molecular complexity index is 471. The number of carbonyl (C=O) groups excluding carboxylic acids is 2.